The number of carbonyl (C=O) groups excluding carboxylic acids is 3. The summed E-state index contributed by atoms with van der Waals surface area (Å²) in [7, 11) is 3.83. The summed E-state index contributed by atoms with van der Waals surface area (Å²) in [6, 6.07) is 16.5. The summed E-state index contributed by atoms with van der Waals surface area (Å²) in [5, 5.41) is 0. The molecule has 1 saturated heterocycles. The molecule has 0 saturated carbocycles. The van der Waals surface area contributed by atoms with Crippen LogP contribution in [0.2, 0.25) is 0 Å². The van der Waals surface area contributed by atoms with Gasteiger partial charge in [-0.15, -0.1) is 0 Å². The fourth-order valence-corrected chi connectivity index (χ4v) is 7.73. The van der Waals surface area contributed by atoms with E-state index in [0.29, 0.717) is 12.1 Å². The number of likely N-dealkylation sites (tertiary alicyclic amines) is 1. The molecular weight excluding hydrogens is 467 g/mol. The number of amides is 2. The molecule has 2 aliphatic rings. The normalized spacial score (nSPS) is 23.7. The van der Waals surface area contributed by atoms with Gasteiger partial charge in [-0.3, -0.25) is 0 Å². The molecule has 0 unspecified atom stereocenters. The van der Waals surface area contributed by atoms with Crippen molar-refractivity contribution in [2.24, 2.45) is 0 Å². The van der Waals surface area contributed by atoms with Gasteiger partial charge in [0, 0.05) is 0 Å². The summed E-state index contributed by atoms with van der Waals surface area (Å²) in [6.07, 6.45) is -1.79. The van der Waals surface area contributed by atoms with Gasteiger partial charge in [-0.2, -0.15) is 0 Å². The molecule has 31 heavy (non-hydrogen) atoms. The monoisotopic (exact) mass is 490 g/mol. The Morgan fingerprint density at radius 2 is 1.55 bits per heavy atom. The van der Waals surface area contributed by atoms with Crippen LogP contribution in [0.5, 0.6) is 0 Å². The standard InChI is InChI=1S/C22H22N2O6Se/c1-28-18(25)17-13-22(31-14-9-5-4-6-10-14)15-11-7-8-12-16(15)23(20(26)29-2)19(22)24(17)21(27)30-3/h4-12,17,19H,13H2,1-3H3/t17-,19-,22+/m0/s1. The maximum absolute atomic E-state index is 12.9. The van der Waals surface area contributed by atoms with E-state index in [4.69, 9.17) is 14.2 Å². The van der Waals surface area contributed by atoms with Gasteiger partial charge in [0.25, 0.3) is 0 Å². The number of esters is 1. The third-order valence-corrected chi connectivity index (χ3v) is 8.73. The first-order valence-electron chi connectivity index (χ1n) is 9.63. The van der Waals surface area contributed by atoms with Crippen LogP contribution in [0.15, 0.2) is 54.6 Å². The number of carbonyl (C=O) groups is 3. The van der Waals surface area contributed by atoms with Gasteiger partial charge in [-0.1, -0.05) is 0 Å². The molecule has 3 atom stereocenters. The second-order valence-electron chi connectivity index (χ2n) is 7.16. The van der Waals surface area contributed by atoms with E-state index in [1.54, 1.807) is 0 Å². The van der Waals surface area contributed by atoms with Gasteiger partial charge in [0.05, 0.1) is 0 Å². The molecule has 4 rings (SSSR count). The number of hydrogen-bond acceptors (Lipinski definition) is 6. The summed E-state index contributed by atoms with van der Waals surface area (Å²) < 4.78 is 15.5. The van der Waals surface area contributed by atoms with Gasteiger partial charge in [-0.25, -0.2) is 0 Å². The van der Waals surface area contributed by atoms with E-state index in [1.807, 2.05) is 54.6 Å². The summed E-state index contributed by atoms with van der Waals surface area (Å²) >= 11 is -0.243. The van der Waals surface area contributed by atoms with E-state index in [0.717, 1.165) is 10.0 Å². The number of rotatable bonds is 3. The van der Waals surface area contributed by atoms with Crippen molar-refractivity contribution >= 4 is 43.3 Å². The van der Waals surface area contributed by atoms with E-state index in [9.17, 15) is 14.4 Å². The SMILES string of the molecule is COC(=O)[C@@H]1C[C@@]2([Se]c3ccccc3)c3ccccc3N(C(=O)OC)[C@H]2N1C(=O)OC. The predicted octanol–water partition coefficient (Wildman–Crippen LogP) is 1.84. The van der Waals surface area contributed by atoms with Crippen molar-refractivity contribution < 1.29 is 28.6 Å². The van der Waals surface area contributed by atoms with E-state index in [2.05, 4.69) is 0 Å². The minimum absolute atomic E-state index is 0.243. The molecule has 2 aliphatic heterocycles. The Balaban J connectivity index is 1.96. The van der Waals surface area contributed by atoms with Gasteiger partial charge < -0.3 is 0 Å². The Morgan fingerprint density at radius 1 is 0.903 bits per heavy atom. The number of anilines is 1. The van der Waals surface area contributed by atoms with Crippen molar-refractivity contribution in [3.8, 4) is 0 Å². The van der Waals surface area contributed by atoms with Gasteiger partial charge in [-0.05, 0) is 0 Å². The zero-order valence-corrected chi connectivity index (χ0v) is 19.0. The number of fused-ring (bicyclic) bond motifs is 3. The third-order valence-electron chi connectivity index (χ3n) is 5.65. The molecule has 0 bridgehead atoms. The molecule has 8 nitrogen and oxygen atoms in total. The van der Waals surface area contributed by atoms with Gasteiger partial charge in [0.2, 0.25) is 0 Å². The topological polar surface area (TPSA) is 85.4 Å². The third kappa shape index (κ3) is 3.25. The molecule has 0 aliphatic carbocycles. The Labute approximate surface area is 186 Å². The molecule has 2 aromatic rings. The quantitative estimate of drug-likeness (QED) is 0.372. The average Bonchev–Trinajstić information content (AvgIpc) is 3.27. The van der Waals surface area contributed by atoms with Crippen molar-refractivity contribution in [2.75, 3.05) is 26.2 Å². The van der Waals surface area contributed by atoms with E-state index < -0.39 is 34.7 Å². The molecule has 0 N–H and O–H groups in total. The van der Waals surface area contributed by atoms with Crippen LogP contribution in [0, 0.1) is 0 Å². The van der Waals surface area contributed by atoms with E-state index in [1.165, 1.54) is 31.1 Å². The molecule has 0 aromatic heterocycles. The summed E-state index contributed by atoms with van der Waals surface area (Å²) in [4.78, 5) is 41.4. The van der Waals surface area contributed by atoms with Crippen LogP contribution in [0.3, 0.4) is 0 Å². The predicted molar refractivity (Wildman–Crippen MR) is 113 cm³/mol. The minimum atomic E-state index is -0.895. The number of benzene rings is 2. The van der Waals surface area contributed by atoms with Crippen LogP contribution in [-0.2, 0) is 23.3 Å². The van der Waals surface area contributed by atoms with Crippen LogP contribution in [0.25, 0.3) is 0 Å². The van der Waals surface area contributed by atoms with Crippen molar-refractivity contribution in [1.82, 2.24) is 4.90 Å². The number of nitrogens with zero attached hydrogens (tertiary/aromatic N) is 2. The first kappa shape index (κ1) is 21.2. The fraction of sp³-hybridized carbons (Fsp3) is 0.318. The molecule has 2 aromatic carbocycles. The zero-order chi connectivity index (χ0) is 22.2. The van der Waals surface area contributed by atoms with Crippen LogP contribution in [-0.4, -0.2) is 71.5 Å². The van der Waals surface area contributed by atoms with Crippen molar-refractivity contribution in [3.05, 3.63) is 60.2 Å². The number of ether oxygens (including phenoxy) is 3. The van der Waals surface area contributed by atoms with Gasteiger partial charge in [0.1, 0.15) is 0 Å². The molecule has 0 spiro atoms. The summed E-state index contributed by atoms with van der Waals surface area (Å²) in [5.41, 5.74) is 1.56. The van der Waals surface area contributed by atoms with Gasteiger partial charge >= 0.3 is 186 Å². The van der Waals surface area contributed by atoms with Gasteiger partial charge in [0.15, 0.2) is 0 Å². The van der Waals surface area contributed by atoms with Crippen molar-refractivity contribution in [3.63, 3.8) is 0 Å². The van der Waals surface area contributed by atoms with Crippen molar-refractivity contribution in [2.45, 2.75) is 22.9 Å². The molecule has 9 heteroatoms. The molecular formula is C22H22N2O6Se. The first-order chi connectivity index (χ1) is 15.0. The summed E-state index contributed by atoms with van der Waals surface area (Å²) in [5.74, 6) is -0.551. The number of hydrogen-bond donors (Lipinski definition) is 0. The fourth-order valence-electron chi connectivity index (χ4n) is 4.45. The number of methoxy groups -OCH3 is 3. The molecule has 2 heterocycles. The molecule has 1 fully saturated rings. The van der Waals surface area contributed by atoms with Crippen LogP contribution in [0.4, 0.5) is 15.3 Å². The van der Waals surface area contributed by atoms with Crippen molar-refractivity contribution in [1.29, 1.82) is 0 Å². The Hall–Kier alpha value is -3.03. The molecule has 162 valence electrons. The first-order valence-corrected chi connectivity index (χ1v) is 11.3. The molecule has 0 radical (unpaired) electrons. The number of para-hydroxylation sites is 1. The van der Waals surface area contributed by atoms with Crippen LogP contribution >= 0.6 is 0 Å². The Bertz CT molecular complexity index is 1020. The second kappa shape index (κ2) is 8.24. The van der Waals surface area contributed by atoms with Crippen LogP contribution < -0.4 is 9.36 Å². The maximum atomic E-state index is 12.9. The Morgan fingerprint density at radius 3 is 2.19 bits per heavy atom. The van der Waals surface area contributed by atoms with E-state index in [-0.39, 0.29) is 15.0 Å². The molecule has 2 amide bonds. The Kier molecular flexibility index (Phi) is 5.64. The second-order valence-corrected chi connectivity index (χ2v) is 10.1. The van der Waals surface area contributed by atoms with E-state index >= 15 is 0 Å². The van der Waals surface area contributed by atoms with Crippen LogP contribution in [0.1, 0.15) is 12.0 Å². The summed E-state index contributed by atoms with van der Waals surface area (Å²) in [6.45, 7) is 0. The zero-order valence-electron chi connectivity index (χ0n) is 17.3. The average molecular weight is 489 g/mol.